The maximum absolute atomic E-state index is 13.0. The minimum Gasteiger partial charge on any atom is -0.383 e. The third-order valence-corrected chi connectivity index (χ3v) is 5.25. The first-order valence-electron chi connectivity index (χ1n) is 8.68. The molecule has 6 nitrogen and oxygen atoms in total. The monoisotopic (exact) mass is 417 g/mol. The third kappa shape index (κ3) is 4.73. The Balaban J connectivity index is 1.85. The van der Waals surface area contributed by atoms with Crippen molar-refractivity contribution in [3.05, 3.63) is 63.9 Å². The van der Waals surface area contributed by atoms with Gasteiger partial charge < -0.3 is 10.1 Å². The van der Waals surface area contributed by atoms with Crippen molar-refractivity contribution in [2.75, 3.05) is 24.8 Å². The molecule has 1 amide bonds. The summed E-state index contributed by atoms with van der Waals surface area (Å²) in [7, 11) is 1.58. The largest absolute Gasteiger partial charge is 0.383 e. The first-order chi connectivity index (χ1) is 13.5. The highest BCUT2D eigenvalue weighted by Gasteiger charge is 2.17. The van der Waals surface area contributed by atoms with E-state index in [2.05, 4.69) is 10.3 Å². The summed E-state index contributed by atoms with van der Waals surface area (Å²) in [5.41, 5.74) is 1.08. The summed E-state index contributed by atoms with van der Waals surface area (Å²) in [5.74, 6) is -0.0996. The molecular weight excluding hydrogens is 398 g/mol. The van der Waals surface area contributed by atoms with Crippen LogP contribution in [0.4, 0.5) is 5.69 Å². The van der Waals surface area contributed by atoms with E-state index >= 15 is 0 Å². The van der Waals surface area contributed by atoms with Crippen LogP contribution in [-0.4, -0.2) is 34.9 Å². The minimum absolute atomic E-state index is 0.108. The number of hydrogen-bond donors (Lipinski definition) is 1. The molecule has 0 saturated heterocycles. The molecule has 1 heterocycles. The Morgan fingerprint density at radius 3 is 2.82 bits per heavy atom. The fraction of sp³-hybridized carbons (Fsp3) is 0.250. The summed E-state index contributed by atoms with van der Waals surface area (Å²) in [4.78, 5) is 29.9. The van der Waals surface area contributed by atoms with Gasteiger partial charge in [0.1, 0.15) is 0 Å². The fourth-order valence-electron chi connectivity index (χ4n) is 2.83. The van der Waals surface area contributed by atoms with E-state index in [4.69, 9.17) is 16.3 Å². The quantitative estimate of drug-likeness (QED) is 0.465. The zero-order chi connectivity index (χ0) is 20.1. The van der Waals surface area contributed by atoms with Crippen molar-refractivity contribution < 1.29 is 9.53 Å². The van der Waals surface area contributed by atoms with Gasteiger partial charge in [0.25, 0.3) is 5.56 Å². The van der Waals surface area contributed by atoms with Gasteiger partial charge in [-0.1, -0.05) is 41.6 Å². The molecule has 1 atom stereocenters. The number of nitrogens with zero attached hydrogens (tertiary/aromatic N) is 2. The Hall–Kier alpha value is -2.35. The van der Waals surface area contributed by atoms with Crippen LogP contribution in [-0.2, 0) is 9.53 Å². The molecule has 0 bridgehead atoms. The van der Waals surface area contributed by atoms with Gasteiger partial charge in [-0.25, -0.2) is 4.98 Å². The number of thioether (sulfide) groups is 1. The van der Waals surface area contributed by atoms with Gasteiger partial charge in [0, 0.05) is 17.8 Å². The highest BCUT2D eigenvalue weighted by atomic mass is 35.5. The van der Waals surface area contributed by atoms with E-state index in [1.165, 1.54) is 11.8 Å². The molecule has 2 aromatic carbocycles. The van der Waals surface area contributed by atoms with Crippen LogP contribution >= 0.6 is 23.4 Å². The number of ether oxygens (including phenoxy) is 1. The van der Waals surface area contributed by atoms with Gasteiger partial charge >= 0.3 is 0 Å². The summed E-state index contributed by atoms with van der Waals surface area (Å²) in [6, 6.07) is 13.9. The second-order valence-electron chi connectivity index (χ2n) is 6.24. The summed E-state index contributed by atoms with van der Waals surface area (Å²) in [6.45, 7) is 2.25. The third-order valence-electron chi connectivity index (χ3n) is 4.06. The van der Waals surface area contributed by atoms with E-state index < -0.39 is 0 Å². The number of rotatable bonds is 7. The van der Waals surface area contributed by atoms with Crippen molar-refractivity contribution in [1.29, 1.82) is 0 Å². The first kappa shape index (κ1) is 20.4. The van der Waals surface area contributed by atoms with Crippen LogP contribution in [0.2, 0.25) is 5.02 Å². The molecule has 0 aliphatic heterocycles. The number of carbonyl (C=O) groups is 1. The van der Waals surface area contributed by atoms with Crippen LogP contribution in [0, 0.1) is 0 Å². The predicted molar refractivity (Wildman–Crippen MR) is 113 cm³/mol. The predicted octanol–water partition coefficient (Wildman–Crippen LogP) is 3.99. The van der Waals surface area contributed by atoms with Crippen LogP contribution in [0.15, 0.2) is 58.5 Å². The number of amides is 1. The van der Waals surface area contributed by atoms with Gasteiger partial charge in [0.2, 0.25) is 5.91 Å². The molecule has 0 aliphatic carbocycles. The van der Waals surface area contributed by atoms with Crippen molar-refractivity contribution in [3.63, 3.8) is 0 Å². The Morgan fingerprint density at radius 1 is 1.29 bits per heavy atom. The van der Waals surface area contributed by atoms with E-state index in [1.807, 2.05) is 19.1 Å². The highest BCUT2D eigenvalue weighted by molar-refractivity contribution is 7.99. The van der Waals surface area contributed by atoms with Crippen LogP contribution in [0.5, 0.6) is 0 Å². The number of fused-ring (bicyclic) bond motifs is 1. The first-order valence-corrected chi connectivity index (χ1v) is 10.0. The lowest BCUT2D eigenvalue weighted by molar-refractivity contribution is -0.113. The van der Waals surface area contributed by atoms with E-state index in [0.717, 1.165) is 0 Å². The van der Waals surface area contributed by atoms with Gasteiger partial charge in [0.05, 0.1) is 29.3 Å². The number of anilines is 1. The van der Waals surface area contributed by atoms with Crippen LogP contribution in [0.25, 0.3) is 10.9 Å². The molecule has 1 N–H and O–H groups in total. The van der Waals surface area contributed by atoms with Crippen LogP contribution < -0.4 is 10.9 Å². The van der Waals surface area contributed by atoms with Crippen LogP contribution in [0.3, 0.4) is 0 Å². The normalized spacial score (nSPS) is 12.1. The lowest BCUT2D eigenvalue weighted by Crippen LogP contribution is -2.29. The molecule has 0 aliphatic rings. The summed E-state index contributed by atoms with van der Waals surface area (Å²) in [5, 5.41) is 4.36. The van der Waals surface area contributed by atoms with Gasteiger partial charge in [0.15, 0.2) is 5.16 Å². The van der Waals surface area contributed by atoms with E-state index in [-0.39, 0.29) is 23.3 Å². The number of nitrogens with one attached hydrogen (secondary N) is 1. The van der Waals surface area contributed by atoms with Crippen molar-refractivity contribution in [1.82, 2.24) is 9.55 Å². The van der Waals surface area contributed by atoms with Crippen molar-refractivity contribution in [2.45, 2.75) is 18.1 Å². The Bertz CT molecular complexity index is 1050. The van der Waals surface area contributed by atoms with Gasteiger partial charge in [-0.2, -0.15) is 0 Å². The number of carbonyl (C=O) groups excluding carboxylic acids is 1. The molecule has 0 radical (unpaired) electrons. The zero-order valence-electron chi connectivity index (χ0n) is 15.5. The number of para-hydroxylation sites is 1. The molecule has 0 spiro atoms. The molecular formula is C20H20ClN3O3S. The van der Waals surface area contributed by atoms with Gasteiger partial charge in [-0.3, -0.25) is 14.2 Å². The second kappa shape index (κ2) is 9.23. The molecule has 146 valence electrons. The van der Waals surface area contributed by atoms with Gasteiger partial charge in [-0.05, 0) is 37.3 Å². The fourth-order valence-corrected chi connectivity index (χ4v) is 3.91. The SMILES string of the molecule is COC[C@@H](C)n1c(SCC(=O)Nc2cccc(Cl)c2)nc2ccccc2c1=O. The molecule has 3 aromatic rings. The maximum Gasteiger partial charge on any atom is 0.262 e. The average Bonchev–Trinajstić information content (AvgIpc) is 2.66. The van der Waals surface area contributed by atoms with E-state index in [9.17, 15) is 9.59 Å². The lowest BCUT2D eigenvalue weighted by atomic mass is 10.2. The maximum atomic E-state index is 13.0. The molecule has 0 saturated carbocycles. The Kier molecular flexibility index (Phi) is 6.72. The number of methoxy groups -OCH3 is 1. The topological polar surface area (TPSA) is 73.2 Å². The molecule has 8 heteroatoms. The Morgan fingerprint density at radius 2 is 2.07 bits per heavy atom. The van der Waals surface area contributed by atoms with E-state index in [0.29, 0.717) is 33.4 Å². The summed E-state index contributed by atoms with van der Waals surface area (Å²) in [6.07, 6.45) is 0. The lowest BCUT2D eigenvalue weighted by Gasteiger charge is -2.18. The second-order valence-corrected chi connectivity index (χ2v) is 7.62. The number of halogens is 1. The number of hydrogen-bond acceptors (Lipinski definition) is 5. The molecule has 0 fully saturated rings. The molecule has 28 heavy (non-hydrogen) atoms. The number of benzene rings is 2. The van der Waals surface area contributed by atoms with E-state index in [1.54, 1.807) is 48.1 Å². The summed E-state index contributed by atoms with van der Waals surface area (Å²) < 4.78 is 6.79. The number of aromatic nitrogens is 2. The smallest absolute Gasteiger partial charge is 0.262 e. The van der Waals surface area contributed by atoms with Gasteiger partial charge in [-0.15, -0.1) is 0 Å². The summed E-state index contributed by atoms with van der Waals surface area (Å²) >= 11 is 7.16. The average molecular weight is 418 g/mol. The zero-order valence-corrected chi connectivity index (χ0v) is 17.1. The molecule has 3 rings (SSSR count). The molecule has 1 aromatic heterocycles. The highest BCUT2D eigenvalue weighted by Crippen LogP contribution is 2.22. The van der Waals surface area contributed by atoms with Crippen molar-refractivity contribution >= 4 is 45.9 Å². The Labute approximate surface area is 171 Å². The minimum atomic E-state index is -0.215. The van der Waals surface area contributed by atoms with Crippen molar-refractivity contribution in [2.24, 2.45) is 0 Å². The standard InChI is InChI=1S/C20H20ClN3O3S/c1-13(11-27-2)24-19(26)16-8-3-4-9-17(16)23-20(24)28-12-18(25)22-15-7-5-6-14(21)10-15/h3-10,13H,11-12H2,1-2H3,(H,22,25)/t13-/m1/s1. The molecule has 0 unspecified atom stereocenters. The van der Waals surface area contributed by atoms with Crippen LogP contribution in [0.1, 0.15) is 13.0 Å². The van der Waals surface area contributed by atoms with Crippen molar-refractivity contribution in [3.8, 4) is 0 Å².